The maximum absolute atomic E-state index is 6.07. The van der Waals surface area contributed by atoms with Crippen molar-refractivity contribution < 1.29 is 0 Å². The second kappa shape index (κ2) is 3.96. The van der Waals surface area contributed by atoms with Gasteiger partial charge in [-0.15, -0.1) is 0 Å². The molecule has 0 aliphatic carbocycles. The lowest BCUT2D eigenvalue weighted by atomic mass is 9.84. The summed E-state index contributed by atoms with van der Waals surface area (Å²) in [4.78, 5) is 4.05. The molecule has 0 aromatic carbocycles. The molecular weight excluding hydrogens is 174 g/mol. The minimum absolute atomic E-state index is 0.0995. The Morgan fingerprint density at radius 1 is 1.43 bits per heavy atom. The van der Waals surface area contributed by atoms with E-state index in [0.717, 1.165) is 17.7 Å². The summed E-state index contributed by atoms with van der Waals surface area (Å²) in [5.41, 5.74) is 13.8. The molecule has 0 amide bonds. The van der Waals surface area contributed by atoms with Crippen LogP contribution in [0.25, 0.3) is 0 Å². The van der Waals surface area contributed by atoms with E-state index in [9.17, 15) is 0 Å². The fraction of sp³-hybridized carbons (Fsp3) is 0.545. The Labute approximate surface area is 85.5 Å². The van der Waals surface area contributed by atoms with Crippen molar-refractivity contribution in [2.24, 2.45) is 11.1 Å². The van der Waals surface area contributed by atoms with E-state index in [1.807, 2.05) is 6.07 Å². The summed E-state index contributed by atoms with van der Waals surface area (Å²) < 4.78 is 0. The summed E-state index contributed by atoms with van der Waals surface area (Å²) in [6, 6.07) is 1.92. The summed E-state index contributed by atoms with van der Waals surface area (Å²) in [5.74, 6) is 0. The number of anilines is 1. The molecule has 0 saturated carbocycles. The number of hydrogen-bond acceptors (Lipinski definition) is 3. The summed E-state index contributed by atoms with van der Waals surface area (Å²) in [6.45, 7) is 6.39. The monoisotopic (exact) mass is 193 g/mol. The maximum Gasteiger partial charge on any atom is 0.0378 e. The number of pyridine rings is 1. The lowest BCUT2D eigenvalue weighted by molar-refractivity contribution is 0.318. The number of rotatable bonds is 2. The first-order chi connectivity index (χ1) is 6.41. The third-order valence-corrected chi connectivity index (χ3v) is 2.49. The third-order valence-electron chi connectivity index (χ3n) is 2.49. The summed E-state index contributed by atoms with van der Waals surface area (Å²) in [7, 11) is 0. The van der Waals surface area contributed by atoms with Crippen molar-refractivity contribution in [3.8, 4) is 0 Å². The molecule has 1 aromatic heterocycles. The molecule has 3 nitrogen and oxygen atoms in total. The largest absolute Gasteiger partial charge is 0.398 e. The van der Waals surface area contributed by atoms with Crippen molar-refractivity contribution in [2.75, 3.05) is 5.73 Å². The van der Waals surface area contributed by atoms with Gasteiger partial charge in [-0.05, 0) is 23.5 Å². The van der Waals surface area contributed by atoms with Crippen molar-refractivity contribution in [1.82, 2.24) is 4.98 Å². The van der Waals surface area contributed by atoms with Gasteiger partial charge in [0.1, 0.15) is 0 Å². The Bertz CT molecular complexity index is 302. The van der Waals surface area contributed by atoms with Crippen LogP contribution in [0.3, 0.4) is 0 Å². The average Bonchev–Trinajstić information content (AvgIpc) is 2.07. The molecule has 4 N–H and O–H groups in total. The predicted octanol–water partition coefficient (Wildman–Crippen LogP) is 1.58. The number of aromatic nitrogens is 1. The van der Waals surface area contributed by atoms with E-state index >= 15 is 0 Å². The molecule has 1 rings (SSSR count). The highest BCUT2D eigenvalue weighted by atomic mass is 14.7. The molecule has 3 heteroatoms. The van der Waals surface area contributed by atoms with Gasteiger partial charge in [-0.25, -0.2) is 0 Å². The molecule has 0 bridgehead atoms. The SMILES string of the molecule is CC(C)(C)C(N)Cc1cnccc1N. The van der Waals surface area contributed by atoms with Gasteiger partial charge in [-0.1, -0.05) is 20.8 Å². The number of nitrogens with two attached hydrogens (primary N) is 2. The number of hydrogen-bond donors (Lipinski definition) is 2. The fourth-order valence-corrected chi connectivity index (χ4v) is 1.15. The predicted molar refractivity (Wildman–Crippen MR) is 59.8 cm³/mol. The Balaban J connectivity index is 2.75. The molecule has 0 saturated heterocycles. The first kappa shape index (κ1) is 11.0. The van der Waals surface area contributed by atoms with Gasteiger partial charge in [0.2, 0.25) is 0 Å². The van der Waals surface area contributed by atoms with Gasteiger partial charge in [-0.2, -0.15) is 0 Å². The highest BCUT2D eigenvalue weighted by molar-refractivity contribution is 5.44. The normalized spacial score (nSPS) is 14.0. The molecule has 1 unspecified atom stereocenters. The quantitative estimate of drug-likeness (QED) is 0.749. The Hall–Kier alpha value is -1.09. The maximum atomic E-state index is 6.07. The first-order valence-corrected chi connectivity index (χ1v) is 4.85. The van der Waals surface area contributed by atoms with Crippen LogP contribution in [0, 0.1) is 5.41 Å². The van der Waals surface area contributed by atoms with Crippen molar-refractivity contribution in [1.29, 1.82) is 0 Å². The van der Waals surface area contributed by atoms with Gasteiger partial charge in [0.05, 0.1) is 0 Å². The number of nitrogens with zero attached hydrogens (tertiary/aromatic N) is 1. The van der Waals surface area contributed by atoms with Gasteiger partial charge >= 0.3 is 0 Å². The van der Waals surface area contributed by atoms with Crippen LogP contribution in [0.1, 0.15) is 26.3 Å². The van der Waals surface area contributed by atoms with Gasteiger partial charge < -0.3 is 11.5 Å². The van der Waals surface area contributed by atoms with Crippen LogP contribution in [-0.2, 0) is 6.42 Å². The molecule has 0 fully saturated rings. The number of nitrogen functional groups attached to an aromatic ring is 1. The first-order valence-electron chi connectivity index (χ1n) is 4.85. The van der Waals surface area contributed by atoms with Gasteiger partial charge in [0, 0.05) is 24.1 Å². The average molecular weight is 193 g/mol. The smallest absolute Gasteiger partial charge is 0.0378 e. The molecule has 0 aliphatic rings. The van der Waals surface area contributed by atoms with Crippen LogP contribution in [0.4, 0.5) is 5.69 Å². The standard InChI is InChI=1S/C11H19N3/c1-11(2,3)10(13)6-8-7-14-5-4-9(8)12/h4-5,7,10H,6,13H2,1-3H3,(H2,12,14). The van der Waals surface area contributed by atoms with Crippen molar-refractivity contribution in [3.63, 3.8) is 0 Å². The second-order valence-corrected chi connectivity index (χ2v) is 4.75. The van der Waals surface area contributed by atoms with Gasteiger partial charge in [0.25, 0.3) is 0 Å². The van der Waals surface area contributed by atoms with E-state index in [1.165, 1.54) is 0 Å². The van der Waals surface area contributed by atoms with E-state index in [2.05, 4.69) is 25.8 Å². The lowest BCUT2D eigenvalue weighted by Gasteiger charge is -2.27. The van der Waals surface area contributed by atoms with Crippen LogP contribution >= 0.6 is 0 Å². The van der Waals surface area contributed by atoms with Crippen LogP contribution < -0.4 is 11.5 Å². The van der Waals surface area contributed by atoms with Crippen LogP contribution in [0.15, 0.2) is 18.5 Å². The highest BCUT2D eigenvalue weighted by Gasteiger charge is 2.21. The Morgan fingerprint density at radius 2 is 2.07 bits per heavy atom. The van der Waals surface area contributed by atoms with Crippen molar-refractivity contribution in [2.45, 2.75) is 33.2 Å². The fourth-order valence-electron chi connectivity index (χ4n) is 1.15. The van der Waals surface area contributed by atoms with E-state index in [4.69, 9.17) is 11.5 Å². The Kier molecular flexibility index (Phi) is 3.11. The zero-order valence-corrected chi connectivity index (χ0v) is 9.12. The summed E-state index contributed by atoms with van der Waals surface area (Å²) in [6.07, 6.45) is 4.27. The zero-order valence-electron chi connectivity index (χ0n) is 9.12. The van der Waals surface area contributed by atoms with E-state index < -0.39 is 0 Å². The highest BCUT2D eigenvalue weighted by Crippen LogP contribution is 2.22. The van der Waals surface area contributed by atoms with Crippen LogP contribution in [0.5, 0.6) is 0 Å². The minimum atomic E-state index is 0.0995. The van der Waals surface area contributed by atoms with Gasteiger partial charge in [-0.3, -0.25) is 4.98 Å². The lowest BCUT2D eigenvalue weighted by Crippen LogP contribution is -2.37. The molecule has 1 atom stereocenters. The topological polar surface area (TPSA) is 64.9 Å². The molecule has 1 aromatic rings. The third kappa shape index (κ3) is 2.70. The minimum Gasteiger partial charge on any atom is -0.398 e. The molecule has 78 valence electrons. The van der Waals surface area contributed by atoms with Gasteiger partial charge in [0.15, 0.2) is 0 Å². The molecule has 0 radical (unpaired) electrons. The summed E-state index contributed by atoms with van der Waals surface area (Å²) in [5, 5.41) is 0. The molecule has 0 spiro atoms. The van der Waals surface area contributed by atoms with E-state index in [0.29, 0.717) is 0 Å². The van der Waals surface area contributed by atoms with Crippen LogP contribution in [0.2, 0.25) is 0 Å². The second-order valence-electron chi connectivity index (χ2n) is 4.75. The van der Waals surface area contributed by atoms with Crippen LogP contribution in [-0.4, -0.2) is 11.0 Å². The summed E-state index contributed by atoms with van der Waals surface area (Å²) >= 11 is 0. The van der Waals surface area contributed by atoms with Crippen molar-refractivity contribution in [3.05, 3.63) is 24.0 Å². The molecular formula is C11H19N3. The molecule has 0 aliphatic heterocycles. The van der Waals surface area contributed by atoms with E-state index in [1.54, 1.807) is 12.4 Å². The molecule has 1 heterocycles. The van der Waals surface area contributed by atoms with Crippen molar-refractivity contribution >= 4 is 5.69 Å². The van der Waals surface area contributed by atoms with E-state index in [-0.39, 0.29) is 11.5 Å². The molecule has 14 heavy (non-hydrogen) atoms. The Morgan fingerprint density at radius 3 is 2.57 bits per heavy atom. The zero-order chi connectivity index (χ0) is 10.8.